The number of nitrogens with two attached hydrogens (primary N) is 1. The van der Waals surface area contributed by atoms with Gasteiger partial charge in [0.05, 0.1) is 24.0 Å². The van der Waals surface area contributed by atoms with Gasteiger partial charge in [-0.1, -0.05) is 13.0 Å². The topological polar surface area (TPSA) is 93.2 Å². The van der Waals surface area contributed by atoms with Crippen molar-refractivity contribution < 1.29 is 9.21 Å². The van der Waals surface area contributed by atoms with Gasteiger partial charge in [-0.3, -0.25) is 10.6 Å². The average molecular weight is 274 g/mol. The van der Waals surface area contributed by atoms with Gasteiger partial charge in [-0.25, -0.2) is 4.98 Å². The molecule has 6 heteroatoms. The maximum atomic E-state index is 12.1. The highest BCUT2D eigenvalue weighted by Gasteiger charge is 2.12. The molecule has 6 nitrogen and oxygen atoms in total. The second-order valence-corrected chi connectivity index (χ2v) is 4.45. The molecule has 20 heavy (non-hydrogen) atoms. The lowest BCUT2D eigenvalue weighted by molar-refractivity contribution is 0.0948. The number of nitrogens with zero attached hydrogens (tertiary/aromatic N) is 1. The van der Waals surface area contributed by atoms with E-state index in [4.69, 9.17) is 10.3 Å². The lowest BCUT2D eigenvalue weighted by Gasteiger charge is -2.09. The van der Waals surface area contributed by atoms with Crippen LogP contribution in [-0.2, 0) is 13.0 Å². The third-order valence-corrected chi connectivity index (χ3v) is 2.93. The average Bonchev–Trinajstić information content (AvgIpc) is 2.92. The second-order valence-electron chi connectivity index (χ2n) is 4.45. The van der Waals surface area contributed by atoms with E-state index in [2.05, 4.69) is 15.7 Å². The van der Waals surface area contributed by atoms with Gasteiger partial charge in [0, 0.05) is 6.42 Å². The minimum Gasteiger partial charge on any atom is -0.444 e. The van der Waals surface area contributed by atoms with E-state index in [0.717, 1.165) is 17.7 Å². The number of hydrazine groups is 1. The van der Waals surface area contributed by atoms with E-state index in [1.165, 1.54) is 0 Å². The molecular weight excluding hydrogens is 256 g/mol. The smallest absolute Gasteiger partial charge is 0.253 e. The molecule has 0 spiro atoms. The molecule has 0 aliphatic carbocycles. The standard InChI is InChI=1S/C14H18N4O2/c1-3-10-7-16-13(20-10)8-17-14(19)11-5-4-9(2)6-12(11)18-15/h4-7,18H,3,8,15H2,1-2H3,(H,17,19). The number of benzene rings is 1. The Morgan fingerprint density at radius 1 is 1.45 bits per heavy atom. The molecule has 0 atom stereocenters. The number of aromatic nitrogens is 1. The minimum atomic E-state index is -0.228. The van der Waals surface area contributed by atoms with E-state index in [1.807, 2.05) is 26.0 Å². The molecule has 0 fully saturated rings. The molecule has 0 saturated heterocycles. The van der Waals surface area contributed by atoms with Gasteiger partial charge in [-0.05, 0) is 24.6 Å². The molecule has 2 aromatic rings. The predicted molar refractivity (Wildman–Crippen MR) is 76.0 cm³/mol. The van der Waals surface area contributed by atoms with Crippen molar-refractivity contribution in [2.24, 2.45) is 5.84 Å². The van der Waals surface area contributed by atoms with Crippen LogP contribution in [-0.4, -0.2) is 10.9 Å². The third-order valence-electron chi connectivity index (χ3n) is 2.93. The minimum absolute atomic E-state index is 0.228. The molecule has 0 radical (unpaired) electrons. The number of hydrogen-bond donors (Lipinski definition) is 3. The Labute approximate surface area is 117 Å². The van der Waals surface area contributed by atoms with Crippen LogP contribution in [0, 0.1) is 6.92 Å². The molecule has 1 amide bonds. The molecule has 1 heterocycles. The van der Waals surface area contributed by atoms with Gasteiger partial charge >= 0.3 is 0 Å². The lowest BCUT2D eigenvalue weighted by atomic mass is 10.1. The van der Waals surface area contributed by atoms with Crippen molar-refractivity contribution in [2.75, 3.05) is 5.43 Å². The fraction of sp³-hybridized carbons (Fsp3) is 0.286. The van der Waals surface area contributed by atoms with Crippen molar-refractivity contribution in [3.63, 3.8) is 0 Å². The Hall–Kier alpha value is -2.34. The normalized spacial score (nSPS) is 10.3. The zero-order chi connectivity index (χ0) is 14.5. The fourth-order valence-corrected chi connectivity index (χ4v) is 1.82. The van der Waals surface area contributed by atoms with E-state index in [1.54, 1.807) is 12.3 Å². The van der Waals surface area contributed by atoms with Gasteiger partial charge < -0.3 is 15.2 Å². The van der Waals surface area contributed by atoms with Crippen LogP contribution in [0.1, 0.15) is 34.5 Å². The van der Waals surface area contributed by atoms with E-state index in [0.29, 0.717) is 17.1 Å². The van der Waals surface area contributed by atoms with Crippen molar-refractivity contribution in [3.05, 3.63) is 47.2 Å². The molecule has 0 unspecified atom stereocenters. The number of nitrogens with one attached hydrogen (secondary N) is 2. The number of amides is 1. The molecule has 0 saturated carbocycles. The number of hydrogen-bond acceptors (Lipinski definition) is 5. The first-order valence-corrected chi connectivity index (χ1v) is 6.43. The lowest BCUT2D eigenvalue weighted by Crippen LogP contribution is -2.25. The van der Waals surface area contributed by atoms with Crippen molar-refractivity contribution in [1.29, 1.82) is 0 Å². The van der Waals surface area contributed by atoms with Crippen molar-refractivity contribution >= 4 is 11.6 Å². The summed E-state index contributed by atoms with van der Waals surface area (Å²) in [5.41, 5.74) is 4.63. The molecule has 0 aliphatic rings. The first kappa shape index (κ1) is 14.1. The van der Waals surface area contributed by atoms with Gasteiger partial charge in [-0.2, -0.15) is 0 Å². The summed E-state index contributed by atoms with van der Waals surface area (Å²) in [6.07, 6.45) is 2.44. The van der Waals surface area contributed by atoms with Crippen molar-refractivity contribution in [2.45, 2.75) is 26.8 Å². The van der Waals surface area contributed by atoms with Crippen LogP contribution >= 0.6 is 0 Å². The largest absolute Gasteiger partial charge is 0.444 e. The predicted octanol–water partition coefficient (Wildman–Crippen LogP) is 1.76. The summed E-state index contributed by atoms with van der Waals surface area (Å²) in [6.45, 7) is 4.16. The van der Waals surface area contributed by atoms with Crippen LogP contribution in [0.2, 0.25) is 0 Å². The van der Waals surface area contributed by atoms with Crippen molar-refractivity contribution in [1.82, 2.24) is 10.3 Å². The number of rotatable bonds is 5. The second kappa shape index (κ2) is 6.21. The number of aryl methyl sites for hydroxylation is 2. The number of oxazole rings is 1. The van der Waals surface area contributed by atoms with Crippen LogP contribution in [0.25, 0.3) is 0 Å². The highest BCUT2D eigenvalue weighted by molar-refractivity contribution is 5.99. The summed E-state index contributed by atoms with van der Waals surface area (Å²) in [5.74, 6) is 6.49. The fourth-order valence-electron chi connectivity index (χ4n) is 1.82. The summed E-state index contributed by atoms with van der Waals surface area (Å²) in [4.78, 5) is 16.2. The van der Waals surface area contributed by atoms with Crippen molar-refractivity contribution in [3.8, 4) is 0 Å². The van der Waals surface area contributed by atoms with Crippen LogP contribution < -0.4 is 16.6 Å². The monoisotopic (exact) mass is 274 g/mol. The first-order chi connectivity index (χ1) is 9.63. The zero-order valence-electron chi connectivity index (χ0n) is 11.6. The Balaban J connectivity index is 2.04. The Morgan fingerprint density at radius 3 is 2.90 bits per heavy atom. The molecule has 2 rings (SSSR count). The van der Waals surface area contributed by atoms with E-state index >= 15 is 0 Å². The number of anilines is 1. The van der Waals surface area contributed by atoms with Crippen LogP contribution in [0.15, 0.2) is 28.8 Å². The maximum Gasteiger partial charge on any atom is 0.253 e. The quantitative estimate of drug-likeness (QED) is 0.570. The highest BCUT2D eigenvalue weighted by atomic mass is 16.4. The van der Waals surface area contributed by atoms with Gasteiger partial charge in [0.1, 0.15) is 5.76 Å². The van der Waals surface area contributed by atoms with Gasteiger partial charge in [0.2, 0.25) is 5.89 Å². The van der Waals surface area contributed by atoms with Gasteiger partial charge in [0.15, 0.2) is 0 Å². The van der Waals surface area contributed by atoms with E-state index < -0.39 is 0 Å². The van der Waals surface area contributed by atoms with Crippen LogP contribution in [0.4, 0.5) is 5.69 Å². The summed E-state index contributed by atoms with van der Waals surface area (Å²) in [7, 11) is 0. The number of nitrogen functional groups attached to an aromatic ring is 1. The number of carbonyl (C=O) groups excluding carboxylic acids is 1. The Morgan fingerprint density at radius 2 is 2.25 bits per heavy atom. The Bertz CT molecular complexity index is 607. The van der Waals surface area contributed by atoms with E-state index in [-0.39, 0.29) is 12.5 Å². The van der Waals surface area contributed by atoms with Crippen LogP contribution in [0.5, 0.6) is 0 Å². The molecule has 1 aromatic carbocycles. The summed E-state index contributed by atoms with van der Waals surface area (Å²) in [5, 5.41) is 2.76. The molecular formula is C14H18N4O2. The Kier molecular flexibility index (Phi) is 4.37. The highest BCUT2D eigenvalue weighted by Crippen LogP contribution is 2.16. The zero-order valence-corrected chi connectivity index (χ0v) is 11.6. The SMILES string of the molecule is CCc1cnc(CNC(=O)c2ccc(C)cc2NN)o1. The van der Waals surface area contributed by atoms with Crippen LogP contribution in [0.3, 0.4) is 0 Å². The third kappa shape index (κ3) is 3.16. The molecule has 4 N–H and O–H groups in total. The molecule has 0 aliphatic heterocycles. The molecule has 106 valence electrons. The van der Waals surface area contributed by atoms with Gasteiger partial charge in [0.25, 0.3) is 5.91 Å². The summed E-state index contributed by atoms with van der Waals surface area (Å²) >= 11 is 0. The first-order valence-electron chi connectivity index (χ1n) is 6.43. The maximum absolute atomic E-state index is 12.1. The number of carbonyl (C=O) groups is 1. The summed E-state index contributed by atoms with van der Waals surface area (Å²) < 4.78 is 5.43. The summed E-state index contributed by atoms with van der Waals surface area (Å²) in [6, 6.07) is 5.40. The van der Waals surface area contributed by atoms with E-state index in [9.17, 15) is 4.79 Å². The van der Waals surface area contributed by atoms with Gasteiger partial charge in [-0.15, -0.1) is 0 Å². The molecule has 0 bridgehead atoms. The molecule has 1 aromatic heterocycles.